The fourth-order valence-electron chi connectivity index (χ4n) is 1.84. The van der Waals surface area contributed by atoms with Crippen molar-refractivity contribution in [3.05, 3.63) is 41.3 Å². The average Bonchev–Trinajstić information content (AvgIpc) is 2.30. The molecule has 0 aromatic heterocycles. The average molecular weight is 238 g/mol. The van der Waals surface area contributed by atoms with Gasteiger partial charge in [-0.25, -0.2) is 8.42 Å². The summed E-state index contributed by atoms with van der Waals surface area (Å²) < 4.78 is 24.3. The lowest BCUT2D eigenvalue weighted by Gasteiger charge is -2.17. The topological polar surface area (TPSA) is 54.4 Å². The monoisotopic (exact) mass is 238 g/mol. The summed E-state index contributed by atoms with van der Waals surface area (Å²) in [5.74, 6) is 0. The minimum Gasteiger partial charge on any atom is -0.389 e. The number of aliphatic hydroxyl groups is 1. The number of hydrogen-bond acceptors (Lipinski definition) is 3. The van der Waals surface area contributed by atoms with Crippen molar-refractivity contribution in [3.63, 3.8) is 0 Å². The van der Waals surface area contributed by atoms with Crippen LogP contribution in [0.5, 0.6) is 0 Å². The van der Waals surface area contributed by atoms with Gasteiger partial charge in [-0.05, 0) is 37.5 Å². The smallest absolute Gasteiger partial charge is 0.202 e. The van der Waals surface area contributed by atoms with E-state index in [9.17, 15) is 13.5 Å². The standard InChI is InChI=1S/C12H14O3S/c13-10-5-4-8-12(9-10)16(14,15)11-6-2-1-3-7-11/h1-3,6-7,9-10,13H,4-5,8H2/t10-/m0/s1. The lowest BCUT2D eigenvalue weighted by Crippen LogP contribution is -2.14. The van der Waals surface area contributed by atoms with Gasteiger partial charge in [-0.1, -0.05) is 18.2 Å². The summed E-state index contributed by atoms with van der Waals surface area (Å²) in [6.07, 6.45) is 2.73. The molecular weight excluding hydrogens is 224 g/mol. The van der Waals surface area contributed by atoms with Crippen LogP contribution in [0.4, 0.5) is 0 Å². The van der Waals surface area contributed by atoms with Crippen molar-refractivity contribution >= 4 is 9.84 Å². The Morgan fingerprint density at radius 3 is 2.50 bits per heavy atom. The SMILES string of the molecule is O=S(=O)(C1=C[C@@H](O)CCC1)c1ccccc1. The first-order valence-corrected chi connectivity index (χ1v) is 6.78. The van der Waals surface area contributed by atoms with Gasteiger partial charge in [-0.15, -0.1) is 0 Å². The number of sulfone groups is 1. The Balaban J connectivity index is 2.40. The zero-order valence-corrected chi connectivity index (χ0v) is 9.65. The fraction of sp³-hybridized carbons (Fsp3) is 0.333. The van der Waals surface area contributed by atoms with Gasteiger partial charge in [0, 0.05) is 4.91 Å². The summed E-state index contributed by atoms with van der Waals surface area (Å²) in [6.45, 7) is 0. The summed E-state index contributed by atoms with van der Waals surface area (Å²) in [6, 6.07) is 8.34. The van der Waals surface area contributed by atoms with Crippen molar-refractivity contribution in [1.82, 2.24) is 0 Å². The molecular formula is C12H14O3S. The third-order valence-corrected chi connectivity index (χ3v) is 4.62. The molecule has 1 aromatic rings. The minimum absolute atomic E-state index is 0.301. The van der Waals surface area contributed by atoms with Crippen LogP contribution in [0.15, 0.2) is 46.2 Å². The normalized spacial score (nSPS) is 21.6. The van der Waals surface area contributed by atoms with Crippen molar-refractivity contribution in [2.24, 2.45) is 0 Å². The molecule has 2 rings (SSSR count). The Kier molecular flexibility index (Phi) is 3.12. The Bertz CT molecular complexity index is 488. The summed E-state index contributed by atoms with van der Waals surface area (Å²) in [5.41, 5.74) is 0. The molecule has 4 heteroatoms. The number of aliphatic hydroxyl groups excluding tert-OH is 1. The summed E-state index contributed by atoms with van der Waals surface area (Å²) in [4.78, 5) is 0.646. The first-order chi connectivity index (χ1) is 7.60. The van der Waals surface area contributed by atoms with Gasteiger partial charge in [0.05, 0.1) is 11.0 Å². The molecule has 0 unspecified atom stereocenters. The van der Waals surface area contributed by atoms with Gasteiger partial charge in [-0.2, -0.15) is 0 Å². The Morgan fingerprint density at radius 1 is 1.19 bits per heavy atom. The van der Waals surface area contributed by atoms with E-state index in [1.165, 1.54) is 6.08 Å². The van der Waals surface area contributed by atoms with E-state index in [0.29, 0.717) is 22.6 Å². The van der Waals surface area contributed by atoms with E-state index in [2.05, 4.69) is 0 Å². The molecule has 16 heavy (non-hydrogen) atoms. The van der Waals surface area contributed by atoms with Gasteiger partial charge in [0.1, 0.15) is 0 Å². The van der Waals surface area contributed by atoms with Crippen molar-refractivity contribution in [1.29, 1.82) is 0 Å². The van der Waals surface area contributed by atoms with Crippen LogP contribution in [0.25, 0.3) is 0 Å². The molecule has 1 N–H and O–H groups in total. The van der Waals surface area contributed by atoms with E-state index >= 15 is 0 Å². The van der Waals surface area contributed by atoms with Gasteiger partial charge in [0.25, 0.3) is 0 Å². The van der Waals surface area contributed by atoms with Gasteiger partial charge in [0.15, 0.2) is 0 Å². The molecule has 0 amide bonds. The molecule has 0 saturated heterocycles. The first kappa shape index (κ1) is 11.4. The number of benzene rings is 1. The molecule has 0 fully saturated rings. The van der Waals surface area contributed by atoms with E-state index in [0.717, 1.165) is 6.42 Å². The first-order valence-electron chi connectivity index (χ1n) is 5.29. The lowest BCUT2D eigenvalue weighted by atomic mass is 10.1. The van der Waals surface area contributed by atoms with Crippen molar-refractivity contribution < 1.29 is 13.5 Å². The van der Waals surface area contributed by atoms with Gasteiger partial charge in [-0.3, -0.25) is 0 Å². The van der Waals surface area contributed by atoms with Crippen LogP contribution in [0, 0.1) is 0 Å². The van der Waals surface area contributed by atoms with Crippen molar-refractivity contribution in [2.75, 3.05) is 0 Å². The Morgan fingerprint density at radius 2 is 1.88 bits per heavy atom. The Hall–Kier alpha value is -1.13. The predicted octanol–water partition coefficient (Wildman–Crippen LogP) is 1.89. The quantitative estimate of drug-likeness (QED) is 0.856. The molecule has 1 atom stereocenters. The highest BCUT2D eigenvalue weighted by Crippen LogP contribution is 2.27. The largest absolute Gasteiger partial charge is 0.389 e. The fourth-order valence-corrected chi connectivity index (χ4v) is 3.41. The molecule has 0 spiro atoms. The molecule has 0 aliphatic heterocycles. The third-order valence-electron chi connectivity index (χ3n) is 2.70. The Labute approximate surface area is 95.3 Å². The molecule has 0 bridgehead atoms. The molecule has 3 nitrogen and oxygen atoms in total. The summed E-state index contributed by atoms with van der Waals surface area (Å²) in [5, 5.41) is 9.45. The van der Waals surface area contributed by atoms with Crippen LogP contribution in [-0.2, 0) is 9.84 Å². The van der Waals surface area contributed by atoms with Crippen LogP contribution in [0.3, 0.4) is 0 Å². The molecule has 1 aliphatic carbocycles. The van der Waals surface area contributed by atoms with Gasteiger partial charge < -0.3 is 5.11 Å². The summed E-state index contributed by atoms with van der Waals surface area (Å²) >= 11 is 0. The molecule has 0 heterocycles. The maximum atomic E-state index is 12.2. The van der Waals surface area contributed by atoms with Gasteiger partial charge >= 0.3 is 0 Å². The van der Waals surface area contributed by atoms with E-state index in [1.54, 1.807) is 30.3 Å². The van der Waals surface area contributed by atoms with Crippen LogP contribution in [-0.4, -0.2) is 19.6 Å². The predicted molar refractivity (Wildman–Crippen MR) is 61.6 cm³/mol. The van der Waals surface area contributed by atoms with Crippen LogP contribution in [0.2, 0.25) is 0 Å². The van der Waals surface area contributed by atoms with Crippen LogP contribution < -0.4 is 0 Å². The van der Waals surface area contributed by atoms with E-state index in [-0.39, 0.29) is 0 Å². The highest BCUT2D eigenvalue weighted by Gasteiger charge is 2.23. The van der Waals surface area contributed by atoms with E-state index in [1.807, 2.05) is 0 Å². The second-order valence-electron chi connectivity index (χ2n) is 3.91. The highest BCUT2D eigenvalue weighted by atomic mass is 32.2. The number of hydrogen-bond donors (Lipinski definition) is 1. The molecule has 0 radical (unpaired) electrons. The lowest BCUT2D eigenvalue weighted by molar-refractivity contribution is 0.203. The number of allylic oxidation sites excluding steroid dienone is 1. The van der Waals surface area contributed by atoms with Crippen LogP contribution in [0.1, 0.15) is 19.3 Å². The maximum Gasteiger partial charge on any atom is 0.202 e. The minimum atomic E-state index is -3.39. The second kappa shape index (κ2) is 4.39. The molecule has 86 valence electrons. The van der Waals surface area contributed by atoms with Crippen molar-refractivity contribution in [3.8, 4) is 0 Å². The van der Waals surface area contributed by atoms with E-state index in [4.69, 9.17) is 0 Å². The zero-order chi connectivity index (χ0) is 11.6. The van der Waals surface area contributed by atoms with E-state index < -0.39 is 15.9 Å². The zero-order valence-electron chi connectivity index (χ0n) is 8.83. The van der Waals surface area contributed by atoms with Crippen LogP contribution >= 0.6 is 0 Å². The van der Waals surface area contributed by atoms with Crippen molar-refractivity contribution in [2.45, 2.75) is 30.3 Å². The summed E-state index contributed by atoms with van der Waals surface area (Å²) in [7, 11) is -3.39. The van der Waals surface area contributed by atoms with Gasteiger partial charge in [0.2, 0.25) is 9.84 Å². The molecule has 1 aromatic carbocycles. The highest BCUT2D eigenvalue weighted by molar-refractivity contribution is 7.95. The maximum absolute atomic E-state index is 12.2. The second-order valence-corrected chi connectivity index (χ2v) is 5.91. The number of rotatable bonds is 2. The third kappa shape index (κ3) is 2.18. The molecule has 1 aliphatic rings. The molecule has 0 saturated carbocycles.